The number of carbonyl (C=O) groups is 1. The number of nitrogens with one attached hydrogen (secondary N) is 1. The zero-order chi connectivity index (χ0) is 13.0. The van der Waals surface area contributed by atoms with Gasteiger partial charge in [0, 0.05) is 17.4 Å². The number of aryl methyl sites for hydroxylation is 1. The Labute approximate surface area is 105 Å². The molecule has 0 saturated carbocycles. The Morgan fingerprint density at radius 2 is 2.06 bits per heavy atom. The van der Waals surface area contributed by atoms with E-state index in [-0.39, 0.29) is 5.56 Å². The fraction of sp³-hybridized carbons (Fsp3) is 0.143. The van der Waals surface area contributed by atoms with Crippen LogP contribution in [0.1, 0.15) is 22.8 Å². The average Bonchev–Trinajstić information content (AvgIpc) is 2.40. The minimum atomic E-state index is -1.24. The number of carboxylic acids is 1. The van der Waals surface area contributed by atoms with Crippen molar-refractivity contribution in [3.8, 4) is 0 Å². The van der Waals surface area contributed by atoms with Crippen molar-refractivity contribution in [2.75, 3.05) is 5.32 Å². The third-order valence-electron chi connectivity index (χ3n) is 2.68. The number of carboxylic acid groups (broad SMARTS) is 1. The van der Waals surface area contributed by atoms with Gasteiger partial charge in [-0.15, -0.1) is 0 Å². The van der Waals surface area contributed by atoms with Crippen molar-refractivity contribution in [3.63, 3.8) is 0 Å². The second kappa shape index (κ2) is 5.31. The molecule has 0 amide bonds. The van der Waals surface area contributed by atoms with Crippen LogP contribution in [0.5, 0.6) is 0 Å². The number of aromatic carboxylic acids is 1. The molecule has 1 aromatic heterocycles. The van der Waals surface area contributed by atoms with Gasteiger partial charge in [-0.3, -0.25) is 0 Å². The van der Waals surface area contributed by atoms with Crippen LogP contribution in [-0.2, 0) is 6.42 Å². The Morgan fingerprint density at radius 1 is 1.28 bits per heavy atom. The zero-order valence-corrected chi connectivity index (χ0v) is 10.0. The molecule has 4 nitrogen and oxygen atoms in total. The number of carbonyl (C=O) groups excluding carboxylic acids is 1. The van der Waals surface area contributed by atoms with Gasteiger partial charge < -0.3 is 15.2 Å². The van der Waals surface area contributed by atoms with E-state index in [4.69, 9.17) is 0 Å². The van der Waals surface area contributed by atoms with Crippen LogP contribution in [-0.4, -0.2) is 11.0 Å². The van der Waals surface area contributed by atoms with Gasteiger partial charge in [0.1, 0.15) is 5.82 Å². The van der Waals surface area contributed by atoms with Crippen LogP contribution in [0.4, 0.5) is 11.5 Å². The Balaban J connectivity index is 2.37. The highest BCUT2D eigenvalue weighted by atomic mass is 16.4. The molecule has 2 aromatic rings. The number of aromatic nitrogens is 1. The van der Waals surface area contributed by atoms with Crippen LogP contribution in [0.15, 0.2) is 42.6 Å². The van der Waals surface area contributed by atoms with Crippen molar-refractivity contribution >= 4 is 17.5 Å². The fourth-order valence-electron chi connectivity index (χ4n) is 1.75. The molecule has 1 heterocycles. The molecule has 0 aliphatic heterocycles. The smallest absolute Gasteiger partial charge is 0.139 e. The first-order chi connectivity index (χ1) is 8.72. The second-order valence-electron chi connectivity index (χ2n) is 3.82. The Morgan fingerprint density at radius 3 is 2.78 bits per heavy atom. The highest BCUT2D eigenvalue weighted by molar-refractivity contribution is 5.92. The lowest BCUT2D eigenvalue weighted by Crippen LogP contribution is -2.23. The summed E-state index contributed by atoms with van der Waals surface area (Å²) in [7, 11) is 0. The summed E-state index contributed by atoms with van der Waals surface area (Å²) in [4.78, 5) is 15.0. The van der Waals surface area contributed by atoms with Crippen LogP contribution < -0.4 is 10.4 Å². The van der Waals surface area contributed by atoms with E-state index in [9.17, 15) is 9.90 Å². The van der Waals surface area contributed by atoms with Crippen molar-refractivity contribution in [3.05, 3.63) is 53.7 Å². The van der Waals surface area contributed by atoms with Gasteiger partial charge in [-0.05, 0) is 30.2 Å². The quantitative estimate of drug-likeness (QED) is 0.885. The summed E-state index contributed by atoms with van der Waals surface area (Å²) in [6, 6.07) is 10.8. The number of pyridine rings is 1. The zero-order valence-electron chi connectivity index (χ0n) is 10.0. The number of nitrogens with zero attached hydrogens (tertiary/aromatic N) is 1. The van der Waals surface area contributed by atoms with E-state index < -0.39 is 5.97 Å². The van der Waals surface area contributed by atoms with Crippen molar-refractivity contribution in [1.29, 1.82) is 0 Å². The molecule has 18 heavy (non-hydrogen) atoms. The molecule has 0 unspecified atom stereocenters. The molecule has 0 spiro atoms. The molecule has 0 aliphatic rings. The summed E-state index contributed by atoms with van der Waals surface area (Å²) in [5.41, 5.74) is 2.03. The molecule has 0 bridgehead atoms. The monoisotopic (exact) mass is 241 g/mol. The van der Waals surface area contributed by atoms with Crippen molar-refractivity contribution in [2.24, 2.45) is 0 Å². The molecule has 0 fully saturated rings. The van der Waals surface area contributed by atoms with Crippen LogP contribution in [0.3, 0.4) is 0 Å². The fourth-order valence-corrected chi connectivity index (χ4v) is 1.75. The highest BCUT2D eigenvalue weighted by Gasteiger charge is 2.06. The van der Waals surface area contributed by atoms with Gasteiger partial charge >= 0.3 is 0 Å². The molecule has 2 rings (SSSR count). The second-order valence-corrected chi connectivity index (χ2v) is 3.82. The third-order valence-corrected chi connectivity index (χ3v) is 2.68. The first-order valence-corrected chi connectivity index (χ1v) is 5.73. The summed E-state index contributed by atoms with van der Waals surface area (Å²) < 4.78 is 0. The van der Waals surface area contributed by atoms with E-state index in [1.165, 1.54) is 6.07 Å². The number of rotatable bonds is 4. The molecule has 0 radical (unpaired) electrons. The lowest BCUT2D eigenvalue weighted by Gasteiger charge is -2.13. The van der Waals surface area contributed by atoms with E-state index >= 15 is 0 Å². The molecule has 0 aliphatic carbocycles. The highest BCUT2D eigenvalue weighted by Crippen LogP contribution is 2.21. The Kier molecular flexibility index (Phi) is 3.57. The lowest BCUT2D eigenvalue weighted by molar-refractivity contribution is -0.254. The molecule has 0 saturated heterocycles. The van der Waals surface area contributed by atoms with E-state index in [2.05, 4.69) is 10.3 Å². The predicted molar refractivity (Wildman–Crippen MR) is 67.7 cm³/mol. The lowest BCUT2D eigenvalue weighted by atomic mass is 10.1. The summed E-state index contributed by atoms with van der Waals surface area (Å²) in [6.07, 6.45) is 2.40. The van der Waals surface area contributed by atoms with Gasteiger partial charge in [0.2, 0.25) is 0 Å². The molecular weight excluding hydrogens is 228 g/mol. The van der Waals surface area contributed by atoms with Gasteiger partial charge in [-0.2, -0.15) is 0 Å². The minimum absolute atomic E-state index is 0.0587. The molecule has 0 atom stereocenters. The summed E-state index contributed by atoms with van der Waals surface area (Å²) in [5.74, 6) is -0.932. The maximum absolute atomic E-state index is 11.0. The van der Waals surface area contributed by atoms with E-state index in [0.29, 0.717) is 5.82 Å². The molecule has 92 valence electrons. The van der Waals surface area contributed by atoms with Gasteiger partial charge in [-0.25, -0.2) is 4.98 Å². The maximum Gasteiger partial charge on any atom is 0.139 e. The van der Waals surface area contributed by atoms with Gasteiger partial charge in [0.15, 0.2) is 0 Å². The van der Waals surface area contributed by atoms with E-state index in [1.807, 2.05) is 31.2 Å². The van der Waals surface area contributed by atoms with Crippen molar-refractivity contribution in [2.45, 2.75) is 13.3 Å². The van der Waals surface area contributed by atoms with Gasteiger partial charge in [-0.1, -0.05) is 25.1 Å². The van der Waals surface area contributed by atoms with Crippen molar-refractivity contribution < 1.29 is 9.90 Å². The maximum atomic E-state index is 11.0. The normalized spacial score (nSPS) is 10.1. The largest absolute Gasteiger partial charge is 0.545 e. The van der Waals surface area contributed by atoms with Crippen LogP contribution in [0.2, 0.25) is 0 Å². The topological polar surface area (TPSA) is 65.0 Å². The van der Waals surface area contributed by atoms with E-state index in [0.717, 1.165) is 17.7 Å². The van der Waals surface area contributed by atoms with E-state index in [1.54, 1.807) is 12.3 Å². The van der Waals surface area contributed by atoms with Gasteiger partial charge in [0.25, 0.3) is 0 Å². The first-order valence-electron chi connectivity index (χ1n) is 5.73. The molecule has 1 aromatic carbocycles. The number of benzene rings is 1. The van der Waals surface area contributed by atoms with Gasteiger partial charge in [0.05, 0.1) is 5.97 Å². The third kappa shape index (κ3) is 2.48. The van der Waals surface area contributed by atoms with Crippen LogP contribution >= 0.6 is 0 Å². The molecule has 4 heteroatoms. The number of para-hydroxylation sites is 1. The minimum Gasteiger partial charge on any atom is -0.545 e. The van der Waals surface area contributed by atoms with Crippen LogP contribution in [0.25, 0.3) is 0 Å². The van der Waals surface area contributed by atoms with Crippen LogP contribution in [0, 0.1) is 0 Å². The number of anilines is 2. The Hall–Kier alpha value is -2.36. The number of hydrogen-bond donors (Lipinski definition) is 1. The summed E-state index contributed by atoms with van der Waals surface area (Å²) >= 11 is 0. The Bertz CT molecular complexity index is 567. The van der Waals surface area contributed by atoms with Crippen molar-refractivity contribution in [1.82, 2.24) is 4.98 Å². The average molecular weight is 241 g/mol. The number of hydrogen-bond acceptors (Lipinski definition) is 4. The summed E-state index contributed by atoms with van der Waals surface area (Å²) in [6.45, 7) is 2.04. The molecule has 1 N–H and O–H groups in total. The standard InChI is InChI=1S/C14H14N2O2/c1-2-10-6-3-4-8-12(10)16-13-11(14(17)18)7-5-9-15-13/h3-9H,2H2,1H3,(H,15,16)(H,17,18)/p-1. The predicted octanol–water partition coefficient (Wildman–Crippen LogP) is 1.75. The SMILES string of the molecule is CCc1ccccc1Nc1ncccc1C(=O)[O-]. The molecular formula is C14H13N2O2-. The first kappa shape index (κ1) is 12.1. The summed E-state index contributed by atoms with van der Waals surface area (Å²) in [5, 5.41) is 14.0.